The third-order valence-corrected chi connectivity index (χ3v) is 2.75. The molecule has 0 saturated heterocycles. The van der Waals surface area contributed by atoms with Gasteiger partial charge in [-0.1, -0.05) is 0 Å². The van der Waals surface area contributed by atoms with Crippen LogP contribution in [0.5, 0.6) is 5.88 Å². The third-order valence-electron chi connectivity index (χ3n) is 2.75. The van der Waals surface area contributed by atoms with Crippen molar-refractivity contribution in [1.29, 1.82) is 5.26 Å². The van der Waals surface area contributed by atoms with Crippen molar-refractivity contribution in [2.75, 3.05) is 13.2 Å². The monoisotopic (exact) mass is 271 g/mol. The van der Waals surface area contributed by atoms with E-state index in [4.69, 9.17) is 15.1 Å². The number of aromatic nitrogens is 2. The largest absolute Gasteiger partial charge is 0.475 e. The van der Waals surface area contributed by atoms with Crippen molar-refractivity contribution >= 4 is 0 Å². The molecule has 0 radical (unpaired) electrons. The second kappa shape index (κ2) is 5.99. The fourth-order valence-electron chi connectivity index (χ4n) is 1.81. The molecule has 2 aromatic rings. The van der Waals surface area contributed by atoms with Gasteiger partial charge in [-0.3, -0.25) is 4.79 Å². The number of nitrogens with zero attached hydrogens (tertiary/aromatic N) is 2. The van der Waals surface area contributed by atoms with Gasteiger partial charge in [0, 0.05) is 23.5 Å². The van der Waals surface area contributed by atoms with E-state index in [1.807, 2.05) is 6.07 Å². The van der Waals surface area contributed by atoms with E-state index in [0.29, 0.717) is 11.6 Å². The number of nitriles is 1. The van der Waals surface area contributed by atoms with Crippen LogP contribution in [-0.4, -0.2) is 28.3 Å². The lowest BCUT2D eigenvalue weighted by Crippen LogP contribution is -2.12. The number of nitrogens with one attached hydrogen (secondary N) is 1. The van der Waals surface area contributed by atoms with Gasteiger partial charge in [0.15, 0.2) is 0 Å². The fourth-order valence-corrected chi connectivity index (χ4v) is 1.81. The first-order valence-electron chi connectivity index (χ1n) is 6.00. The molecule has 20 heavy (non-hydrogen) atoms. The summed E-state index contributed by atoms with van der Waals surface area (Å²) in [6.45, 7) is 1.82. The molecule has 102 valence electrons. The van der Waals surface area contributed by atoms with Gasteiger partial charge in [0.05, 0.1) is 6.61 Å². The van der Waals surface area contributed by atoms with Crippen LogP contribution in [0, 0.1) is 18.3 Å². The van der Waals surface area contributed by atoms with Crippen molar-refractivity contribution in [1.82, 2.24) is 9.97 Å². The van der Waals surface area contributed by atoms with Gasteiger partial charge >= 0.3 is 0 Å². The number of aryl methyl sites for hydroxylation is 1. The summed E-state index contributed by atoms with van der Waals surface area (Å²) in [7, 11) is 0. The summed E-state index contributed by atoms with van der Waals surface area (Å²) in [4.78, 5) is 18.2. The lowest BCUT2D eigenvalue weighted by atomic mass is 10.0. The third kappa shape index (κ3) is 2.84. The van der Waals surface area contributed by atoms with Gasteiger partial charge in [0.2, 0.25) is 5.88 Å². The standard InChI is InChI=1S/C14H13N3O3/c1-9-12(6-11(8-15)14(19)17-9)10-2-3-16-13(7-10)20-5-4-18/h2-3,6-7,18H,4-5H2,1H3,(H,17,19). The number of aromatic amines is 1. The molecule has 0 unspecified atom stereocenters. The van der Waals surface area contributed by atoms with Crippen molar-refractivity contribution in [2.45, 2.75) is 6.92 Å². The van der Waals surface area contributed by atoms with Gasteiger partial charge < -0.3 is 14.8 Å². The fraction of sp³-hybridized carbons (Fsp3) is 0.214. The zero-order valence-electron chi connectivity index (χ0n) is 10.9. The number of rotatable bonds is 4. The van der Waals surface area contributed by atoms with E-state index < -0.39 is 5.56 Å². The molecular formula is C14H13N3O3. The number of hydrogen-bond acceptors (Lipinski definition) is 5. The lowest BCUT2D eigenvalue weighted by molar-refractivity contribution is 0.197. The van der Waals surface area contributed by atoms with Crippen LogP contribution in [0.15, 0.2) is 29.2 Å². The number of aliphatic hydroxyl groups excluding tert-OH is 1. The minimum absolute atomic E-state index is 0.0558. The maximum atomic E-state index is 11.5. The summed E-state index contributed by atoms with van der Waals surface area (Å²) >= 11 is 0. The molecule has 6 heteroatoms. The molecule has 0 aliphatic rings. The highest BCUT2D eigenvalue weighted by Crippen LogP contribution is 2.24. The SMILES string of the molecule is Cc1[nH]c(=O)c(C#N)cc1-c1ccnc(OCCO)c1. The number of pyridine rings is 2. The van der Waals surface area contributed by atoms with Crippen LogP contribution in [0.4, 0.5) is 0 Å². The van der Waals surface area contributed by atoms with Crippen molar-refractivity contribution in [3.05, 3.63) is 46.0 Å². The Morgan fingerprint density at radius 3 is 3.00 bits per heavy atom. The molecule has 0 fully saturated rings. The summed E-state index contributed by atoms with van der Waals surface area (Å²) in [6.07, 6.45) is 1.57. The predicted molar refractivity (Wildman–Crippen MR) is 72.3 cm³/mol. The second-order valence-corrected chi connectivity index (χ2v) is 4.12. The summed E-state index contributed by atoms with van der Waals surface area (Å²) < 4.78 is 5.24. The van der Waals surface area contributed by atoms with Crippen molar-refractivity contribution < 1.29 is 9.84 Å². The molecule has 0 aromatic carbocycles. The first-order chi connectivity index (χ1) is 9.65. The summed E-state index contributed by atoms with van der Waals surface area (Å²) in [6, 6.07) is 6.85. The topological polar surface area (TPSA) is 99.0 Å². The highest BCUT2D eigenvalue weighted by Gasteiger charge is 2.08. The Balaban J connectivity index is 2.46. The minimum atomic E-state index is -0.403. The van der Waals surface area contributed by atoms with E-state index in [9.17, 15) is 4.79 Å². The highest BCUT2D eigenvalue weighted by atomic mass is 16.5. The average Bonchev–Trinajstić information content (AvgIpc) is 2.45. The molecule has 2 aromatic heterocycles. The van der Waals surface area contributed by atoms with Gasteiger partial charge in [0.1, 0.15) is 18.2 Å². The molecule has 0 aliphatic carbocycles. The Labute approximate surface area is 115 Å². The van der Waals surface area contributed by atoms with Crippen LogP contribution in [0.3, 0.4) is 0 Å². The molecular weight excluding hydrogens is 258 g/mol. The number of aliphatic hydroxyl groups is 1. The van der Waals surface area contributed by atoms with Crippen molar-refractivity contribution in [3.63, 3.8) is 0 Å². The molecule has 0 saturated carbocycles. The molecule has 2 N–H and O–H groups in total. The maximum absolute atomic E-state index is 11.5. The Morgan fingerprint density at radius 2 is 2.30 bits per heavy atom. The molecule has 2 heterocycles. The summed E-state index contributed by atoms with van der Waals surface area (Å²) in [5.74, 6) is 0.376. The zero-order valence-corrected chi connectivity index (χ0v) is 10.9. The van der Waals surface area contributed by atoms with Crippen LogP contribution >= 0.6 is 0 Å². The van der Waals surface area contributed by atoms with E-state index in [2.05, 4.69) is 9.97 Å². The molecule has 0 spiro atoms. The Kier molecular flexibility index (Phi) is 4.13. The first-order valence-corrected chi connectivity index (χ1v) is 6.00. The average molecular weight is 271 g/mol. The van der Waals surface area contributed by atoms with Crippen molar-refractivity contribution in [2.24, 2.45) is 0 Å². The number of hydrogen-bond donors (Lipinski definition) is 2. The van der Waals surface area contributed by atoms with E-state index in [-0.39, 0.29) is 18.8 Å². The maximum Gasteiger partial charge on any atom is 0.266 e. The minimum Gasteiger partial charge on any atom is -0.475 e. The zero-order chi connectivity index (χ0) is 14.5. The highest BCUT2D eigenvalue weighted by molar-refractivity contribution is 5.67. The van der Waals surface area contributed by atoms with Gasteiger partial charge in [0.25, 0.3) is 5.56 Å². The van der Waals surface area contributed by atoms with Crippen molar-refractivity contribution in [3.8, 4) is 23.1 Å². The van der Waals surface area contributed by atoms with Crippen LogP contribution in [0.25, 0.3) is 11.1 Å². The molecule has 0 aliphatic heterocycles. The quantitative estimate of drug-likeness (QED) is 0.863. The van der Waals surface area contributed by atoms with Crippen LogP contribution in [0.1, 0.15) is 11.3 Å². The second-order valence-electron chi connectivity index (χ2n) is 4.12. The number of H-pyrrole nitrogens is 1. The van der Waals surface area contributed by atoms with E-state index in [1.165, 1.54) is 0 Å². The summed E-state index contributed by atoms with van der Waals surface area (Å²) in [5.41, 5.74) is 1.82. The van der Waals surface area contributed by atoms with Crippen LogP contribution in [0.2, 0.25) is 0 Å². The van der Waals surface area contributed by atoms with E-state index in [1.54, 1.807) is 31.3 Å². The molecule has 0 atom stereocenters. The Hall–Kier alpha value is -2.65. The van der Waals surface area contributed by atoms with E-state index in [0.717, 1.165) is 11.1 Å². The van der Waals surface area contributed by atoms with Gasteiger partial charge in [-0.25, -0.2) is 4.98 Å². The van der Waals surface area contributed by atoms with Gasteiger partial charge in [-0.15, -0.1) is 0 Å². The van der Waals surface area contributed by atoms with Crippen LogP contribution < -0.4 is 10.3 Å². The van der Waals surface area contributed by atoms with E-state index >= 15 is 0 Å². The smallest absolute Gasteiger partial charge is 0.266 e. The molecule has 2 rings (SSSR count). The van der Waals surface area contributed by atoms with Gasteiger partial charge in [-0.2, -0.15) is 5.26 Å². The van der Waals surface area contributed by atoms with Crippen LogP contribution in [-0.2, 0) is 0 Å². The van der Waals surface area contributed by atoms with Gasteiger partial charge in [-0.05, 0) is 24.6 Å². The Morgan fingerprint density at radius 1 is 1.50 bits per heavy atom. The lowest BCUT2D eigenvalue weighted by Gasteiger charge is -2.08. The normalized spacial score (nSPS) is 10.1. The predicted octanol–water partition coefficient (Wildman–Crippen LogP) is 0.988. The number of ether oxygens (including phenoxy) is 1. The molecule has 0 bridgehead atoms. The summed E-state index contributed by atoms with van der Waals surface area (Å²) in [5, 5.41) is 17.6. The Bertz CT molecular complexity index is 716. The molecule has 0 amide bonds. The first kappa shape index (κ1) is 13.8. The molecule has 6 nitrogen and oxygen atoms in total.